The molecule has 1 amide bonds. The Bertz CT molecular complexity index is 1280. The average Bonchev–Trinajstić information content (AvgIpc) is 3.21. The second-order valence-electron chi connectivity index (χ2n) is 7.41. The zero-order valence-electron chi connectivity index (χ0n) is 17.3. The summed E-state index contributed by atoms with van der Waals surface area (Å²) in [5, 5.41) is 13.1. The molecule has 0 saturated heterocycles. The van der Waals surface area contributed by atoms with Gasteiger partial charge in [-0.25, -0.2) is 14.0 Å². The Hall–Kier alpha value is -3.84. The predicted octanol–water partition coefficient (Wildman–Crippen LogP) is 5.81. The summed E-state index contributed by atoms with van der Waals surface area (Å²) in [6.07, 6.45) is -0.790. The largest absolute Gasteiger partial charge is 0.480 e. The number of fused-ring (bicyclic) bond motifs is 1. The van der Waals surface area contributed by atoms with Crippen LogP contribution in [-0.4, -0.2) is 23.2 Å². The van der Waals surface area contributed by atoms with Gasteiger partial charge in [0.2, 0.25) is 0 Å². The van der Waals surface area contributed by atoms with Gasteiger partial charge < -0.3 is 19.6 Å². The topological polar surface area (TPSA) is 88.8 Å². The molecule has 1 unspecified atom stereocenters. The average molecular weight is 468 g/mol. The van der Waals surface area contributed by atoms with Crippen LogP contribution in [0.15, 0.2) is 77.2 Å². The van der Waals surface area contributed by atoms with Crippen LogP contribution in [0.25, 0.3) is 22.1 Å². The standard InChI is InChI=1S/C25H19ClFNO5/c26-19-6-1-15(2-7-19)11-22(24(29)30)28-25(31)32-14-21-13-18-12-17(5-10-23(18)33-21)16-3-8-20(27)9-4-16/h1-10,12-13,22H,11,14H2,(H,28,31)(H,29,30). The van der Waals surface area contributed by atoms with E-state index in [-0.39, 0.29) is 18.8 Å². The Balaban J connectivity index is 1.38. The molecule has 1 aromatic heterocycles. The summed E-state index contributed by atoms with van der Waals surface area (Å²) in [5.41, 5.74) is 3.06. The van der Waals surface area contributed by atoms with E-state index in [4.69, 9.17) is 20.8 Å². The van der Waals surface area contributed by atoms with E-state index in [2.05, 4.69) is 5.32 Å². The molecule has 3 aromatic carbocycles. The number of benzene rings is 3. The van der Waals surface area contributed by atoms with E-state index < -0.39 is 18.1 Å². The maximum absolute atomic E-state index is 13.2. The van der Waals surface area contributed by atoms with Gasteiger partial charge in [-0.1, -0.05) is 41.9 Å². The normalized spacial score (nSPS) is 11.8. The number of carboxylic acid groups (broad SMARTS) is 1. The molecule has 0 aliphatic heterocycles. The Morgan fingerprint density at radius 2 is 1.70 bits per heavy atom. The van der Waals surface area contributed by atoms with Crippen LogP contribution in [0.1, 0.15) is 11.3 Å². The first-order chi connectivity index (χ1) is 15.9. The molecule has 4 aromatic rings. The molecule has 0 radical (unpaired) electrons. The van der Waals surface area contributed by atoms with E-state index >= 15 is 0 Å². The van der Waals surface area contributed by atoms with Gasteiger partial charge in [0, 0.05) is 16.8 Å². The minimum Gasteiger partial charge on any atom is -0.480 e. The number of nitrogens with one attached hydrogen (secondary N) is 1. The minimum absolute atomic E-state index is 0.0817. The van der Waals surface area contributed by atoms with Crippen molar-refractivity contribution in [3.8, 4) is 11.1 Å². The molecule has 0 spiro atoms. The Kier molecular flexibility index (Phi) is 6.60. The third kappa shape index (κ3) is 5.70. The van der Waals surface area contributed by atoms with Gasteiger partial charge in [-0.05, 0) is 59.2 Å². The molecule has 0 aliphatic rings. The molecule has 1 atom stereocenters. The van der Waals surface area contributed by atoms with Crippen LogP contribution in [0.4, 0.5) is 9.18 Å². The summed E-state index contributed by atoms with van der Waals surface area (Å²) in [6.45, 7) is -0.167. The van der Waals surface area contributed by atoms with E-state index in [9.17, 15) is 19.1 Å². The molecular weight excluding hydrogens is 449 g/mol. The number of carbonyl (C=O) groups is 2. The van der Waals surface area contributed by atoms with Gasteiger partial charge >= 0.3 is 12.1 Å². The number of ether oxygens (including phenoxy) is 1. The first kappa shape index (κ1) is 22.4. The molecule has 0 aliphatic carbocycles. The van der Waals surface area contributed by atoms with E-state index in [0.29, 0.717) is 21.9 Å². The highest BCUT2D eigenvalue weighted by Crippen LogP contribution is 2.27. The van der Waals surface area contributed by atoms with Gasteiger partial charge in [0.15, 0.2) is 6.61 Å². The van der Waals surface area contributed by atoms with Gasteiger partial charge in [-0.3, -0.25) is 0 Å². The summed E-state index contributed by atoms with van der Waals surface area (Å²) in [4.78, 5) is 23.7. The van der Waals surface area contributed by atoms with Crippen molar-refractivity contribution in [2.75, 3.05) is 0 Å². The second-order valence-corrected chi connectivity index (χ2v) is 7.85. The van der Waals surface area contributed by atoms with Crippen molar-refractivity contribution in [3.63, 3.8) is 0 Å². The number of hydrogen-bond donors (Lipinski definition) is 2. The van der Waals surface area contributed by atoms with Gasteiger partial charge in [-0.2, -0.15) is 0 Å². The molecule has 8 heteroatoms. The van der Waals surface area contributed by atoms with Gasteiger partial charge in [0.1, 0.15) is 23.2 Å². The number of alkyl carbamates (subject to hydrolysis) is 1. The lowest BCUT2D eigenvalue weighted by molar-refractivity contribution is -0.139. The first-order valence-electron chi connectivity index (χ1n) is 10.1. The third-order valence-corrected chi connectivity index (χ3v) is 5.29. The zero-order valence-corrected chi connectivity index (χ0v) is 18.0. The molecule has 2 N–H and O–H groups in total. The van der Waals surface area contributed by atoms with Gasteiger partial charge in [0.25, 0.3) is 0 Å². The molecular formula is C25H19ClFNO5. The summed E-state index contributed by atoms with van der Waals surface area (Å²) in [6, 6.07) is 19.0. The van der Waals surface area contributed by atoms with Gasteiger partial charge in [-0.15, -0.1) is 0 Å². The monoisotopic (exact) mass is 467 g/mol. The van der Waals surface area contributed by atoms with Crippen LogP contribution in [0, 0.1) is 5.82 Å². The van der Waals surface area contributed by atoms with Crippen LogP contribution < -0.4 is 5.32 Å². The number of hydrogen-bond acceptors (Lipinski definition) is 4. The van der Waals surface area contributed by atoms with E-state index in [1.807, 2.05) is 12.1 Å². The lowest BCUT2D eigenvalue weighted by Gasteiger charge is -2.14. The van der Waals surface area contributed by atoms with Crippen LogP contribution in [-0.2, 0) is 22.6 Å². The highest BCUT2D eigenvalue weighted by atomic mass is 35.5. The van der Waals surface area contributed by atoms with Crippen molar-refractivity contribution >= 4 is 34.6 Å². The van der Waals surface area contributed by atoms with Crippen LogP contribution in [0.5, 0.6) is 0 Å². The number of amides is 1. The Morgan fingerprint density at radius 3 is 2.39 bits per heavy atom. The summed E-state index contributed by atoms with van der Waals surface area (Å²) in [5.74, 6) is -1.08. The predicted molar refractivity (Wildman–Crippen MR) is 122 cm³/mol. The number of rotatable bonds is 7. The Labute approximate surface area is 193 Å². The molecule has 1 heterocycles. The summed E-state index contributed by atoms with van der Waals surface area (Å²) < 4.78 is 24.0. The fraction of sp³-hybridized carbons (Fsp3) is 0.120. The Morgan fingerprint density at radius 1 is 1.00 bits per heavy atom. The maximum atomic E-state index is 13.2. The van der Waals surface area contributed by atoms with Crippen molar-refractivity contribution in [3.05, 3.63) is 95.0 Å². The zero-order chi connectivity index (χ0) is 23.4. The molecule has 33 heavy (non-hydrogen) atoms. The number of carboxylic acids is 1. The lowest BCUT2D eigenvalue weighted by atomic mass is 10.0. The van der Waals surface area contributed by atoms with E-state index in [1.165, 1.54) is 12.1 Å². The smallest absolute Gasteiger partial charge is 0.408 e. The molecule has 0 fully saturated rings. The van der Waals surface area contributed by atoms with Crippen molar-refractivity contribution in [2.24, 2.45) is 0 Å². The molecule has 4 rings (SSSR count). The van der Waals surface area contributed by atoms with E-state index in [0.717, 1.165) is 16.5 Å². The highest BCUT2D eigenvalue weighted by Gasteiger charge is 2.21. The number of carbonyl (C=O) groups excluding carboxylic acids is 1. The molecule has 0 bridgehead atoms. The van der Waals surface area contributed by atoms with E-state index in [1.54, 1.807) is 48.5 Å². The fourth-order valence-electron chi connectivity index (χ4n) is 3.37. The number of aliphatic carboxylic acids is 1. The van der Waals surface area contributed by atoms with Crippen LogP contribution >= 0.6 is 11.6 Å². The number of furan rings is 1. The SMILES string of the molecule is O=C(NC(Cc1ccc(Cl)cc1)C(=O)O)OCc1cc2cc(-c3ccc(F)cc3)ccc2o1. The van der Waals surface area contributed by atoms with Crippen molar-refractivity contribution in [2.45, 2.75) is 19.1 Å². The quantitative estimate of drug-likeness (QED) is 0.358. The minimum atomic E-state index is -1.18. The van der Waals surface area contributed by atoms with Crippen LogP contribution in [0.3, 0.4) is 0 Å². The number of halogens is 2. The second kappa shape index (κ2) is 9.75. The molecule has 0 saturated carbocycles. The summed E-state index contributed by atoms with van der Waals surface area (Å²) >= 11 is 5.84. The lowest BCUT2D eigenvalue weighted by Crippen LogP contribution is -2.42. The third-order valence-electron chi connectivity index (χ3n) is 5.03. The van der Waals surface area contributed by atoms with Crippen molar-refractivity contribution in [1.82, 2.24) is 5.32 Å². The maximum Gasteiger partial charge on any atom is 0.408 e. The molecule has 168 valence electrons. The van der Waals surface area contributed by atoms with Crippen molar-refractivity contribution < 1.29 is 28.2 Å². The van der Waals surface area contributed by atoms with Crippen LogP contribution in [0.2, 0.25) is 5.02 Å². The highest BCUT2D eigenvalue weighted by molar-refractivity contribution is 6.30. The van der Waals surface area contributed by atoms with Crippen molar-refractivity contribution in [1.29, 1.82) is 0 Å². The summed E-state index contributed by atoms with van der Waals surface area (Å²) in [7, 11) is 0. The van der Waals surface area contributed by atoms with Gasteiger partial charge in [0.05, 0.1) is 0 Å². The first-order valence-corrected chi connectivity index (χ1v) is 10.4. The fourth-order valence-corrected chi connectivity index (χ4v) is 3.49. The molecule has 6 nitrogen and oxygen atoms in total.